The average molecular weight is 684 g/mol. The number of amides is 3. The number of phenols is 2. The van der Waals surface area contributed by atoms with Gasteiger partial charge in [-0.3, -0.25) is 19.7 Å². The predicted octanol–water partition coefficient (Wildman–Crippen LogP) is 5.75. The lowest BCUT2D eigenvalue weighted by atomic mass is 9.88. The van der Waals surface area contributed by atoms with Crippen LogP contribution >= 0.6 is 11.6 Å². The van der Waals surface area contributed by atoms with Crippen LogP contribution < -0.4 is 15.4 Å². The topological polar surface area (TPSA) is 128 Å². The molecule has 2 aliphatic rings. The number of piperidine rings is 1. The van der Waals surface area contributed by atoms with Crippen LogP contribution in [-0.4, -0.2) is 57.9 Å². The van der Waals surface area contributed by atoms with Gasteiger partial charge in [-0.25, -0.2) is 4.39 Å². The number of imide groups is 1. The van der Waals surface area contributed by atoms with Gasteiger partial charge in [-0.05, 0) is 94.8 Å². The molecular weight excluding hydrogens is 649 g/mol. The fraction of sp³-hybridized carbons (Fsp3) is 0.237. The number of nitrogens with zero attached hydrogens (tertiary/aromatic N) is 1. The normalized spacial score (nSPS) is 16.3. The van der Waals surface area contributed by atoms with Gasteiger partial charge in [0.15, 0.2) is 0 Å². The van der Waals surface area contributed by atoms with Crippen molar-refractivity contribution in [3.63, 3.8) is 0 Å². The average Bonchev–Trinajstić information content (AvgIpc) is 3.40. The summed E-state index contributed by atoms with van der Waals surface area (Å²) in [5.74, 6) is -0.425. The lowest BCUT2D eigenvalue weighted by molar-refractivity contribution is -0.136. The van der Waals surface area contributed by atoms with Crippen molar-refractivity contribution in [3.8, 4) is 17.2 Å². The first-order valence-corrected chi connectivity index (χ1v) is 16.5. The van der Waals surface area contributed by atoms with Crippen molar-refractivity contribution in [3.05, 3.63) is 124 Å². The van der Waals surface area contributed by atoms with E-state index in [-0.39, 0.29) is 48.9 Å². The standard InChI is InChI=1S/C38H35ClFN3O6/c39-16-15-31(23-1-7-28(44)8-2-23)36(24-3-9-29(45)10-4-24)25-5-11-30(12-6-25)49-18-17-41-21-26-19-27-22-43(38(48)32(27)20-33(26)40)34-13-14-35(46)42-37(34)47/h1-12,19-20,34,41,44-45H,13-18,21-22H2,(H,42,46,47). The van der Waals surface area contributed by atoms with Crippen molar-refractivity contribution in [2.24, 2.45) is 0 Å². The Morgan fingerprint density at radius 3 is 2.18 bits per heavy atom. The maximum absolute atomic E-state index is 15.0. The van der Waals surface area contributed by atoms with Gasteiger partial charge in [0.1, 0.15) is 35.7 Å². The van der Waals surface area contributed by atoms with E-state index in [9.17, 15) is 29.0 Å². The van der Waals surface area contributed by atoms with Crippen molar-refractivity contribution in [1.29, 1.82) is 0 Å². The maximum atomic E-state index is 15.0. The number of phenolic OH excluding ortho intramolecular Hbond substituents is 2. The molecule has 0 radical (unpaired) electrons. The molecule has 0 saturated carbocycles. The van der Waals surface area contributed by atoms with Crippen LogP contribution in [0.1, 0.15) is 57.4 Å². The third kappa shape index (κ3) is 7.61. The fourth-order valence-corrected chi connectivity index (χ4v) is 6.46. The molecule has 6 rings (SSSR count). The Morgan fingerprint density at radius 1 is 0.918 bits per heavy atom. The summed E-state index contributed by atoms with van der Waals surface area (Å²) in [5.41, 5.74) is 5.95. The summed E-state index contributed by atoms with van der Waals surface area (Å²) in [7, 11) is 0. The number of carbonyl (C=O) groups is 3. The van der Waals surface area contributed by atoms with E-state index in [1.165, 1.54) is 11.0 Å². The number of allylic oxidation sites excluding steroid dienone is 1. The number of halogens is 2. The van der Waals surface area contributed by atoms with E-state index in [0.29, 0.717) is 42.3 Å². The van der Waals surface area contributed by atoms with Crippen LogP contribution in [0, 0.1) is 5.82 Å². The van der Waals surface area contributed by atoms with Crippen LogP contribution in [0.3, 0.4) is 0 Å². The van der Waals surface area contributed by atoms with Gasteiger partial charge in [-0.1, -0.05) is 36.4 Å². The number of ether oxygens (including phenoxy) is 1. The second-order valence-electron chi connectivity index (χ2n) is 11.9. The van der Waals surface area contributed by atoms with E-state index >= 15 is 0 Å². The second-order valence-corrected chi connectivity index (χ2v) is 12.3. The summed E-state index contributed by atoms with van der Waals surface area (Å²) in [4.78, 5) is 38.2. The molecule has 4 aromatic carbocycles. The molecule has 3 amide bonds. The van der Waals surface area contributed by atoms with Gasteiger partial charge in [0, 0.05) is 43.1 Å². The Balaban J connectivity index is 1.09. The highest BCUT2D eigenvalue weighted by atomic mass is 35.5. The molecule has 0 bridgehead atoms. The third-order valence-electron chi connectivity index (χ3n) is 8.71. The molecule has 2 heterocycles. The molecule has 2 aliphatic heterocycles. The summed E-state index contributed by atoms with van der Waals surface area (Å²) in [6.45, 7) is 1.15. The van der Waals surface area contributed by atoms with Gasteiger partial charge in [-0.2, -0.15) is 0 Å². The monoisotopic (exact) mass is 683 g/mol. The zero-order chi connectivity index (χ0) is 34.5. The van der Waals surface area contributed by atoms with Crippen molar-refractivity contribution in [2.75, 3.05) is 19.0 Å². The molecule has 1 unspecified atom stereocenters. The molecule has 49 heavy (non-hydrogen) atoms. The summed E-state index contributed by atoms with van der Waals surface area (Å²) in [6, 6.07) is 23.7. The number of benzene rings is 4. The molecule has 0 spiro atoms. The number of hydrogen-bond donors (Lipinski definition) is 4. The third-order valence-corrected chi connectivity index (χ3v) is 8.90. The zero-order valence-electron chi connectivity index (χ0n) is 26.5. The van der Waals surface area contributed by atoms with Crippen molar-refractivity contribution >= 4 is 40.5 Å². The van der Waals surface area contributed by atoms with Crippen molar-refractivity contribution in [1.82, 2.24) is 15.5 Å². The molecule has 0 aromatic heterocycles. The SMILES string of the molecule is O=C1CCC(N2Cc3cc(CNCCOc4ccc(C(=C(CCCl)c5ccc(O)cc5)c5ccc(O)cc5)cc4)c(F)cc3C2=O)C(=O)N1. The van der Waals surface area contributed by atoms with Crippen LogP contribution in [0.15, 0.2) is 84.9 Å². The van der Waals surface area contributed by atoms with E-state index in [1.807, 2.05) is 48.5 Å². The lowest BCUT2D eigenvalue weighted by Crippen LogP contribution is -2.52. The molecule has 1 fully saturated rings. The van der Waals surface area contributed by atoms with Gasteiger partial charge >= 0.3 is 0 Å². The number of nitrogens with one attached hydrogen (secondary N) is 2. The van der Waals surface area contributed by atoms with Crippen molar-refractivity contribution < 1.29 is 33.7 Å². The highest BCUT2D eigenvalue weighted by Gasteiger charge is 2.39. The highest BCUT2D eigenvalue weighted by molar-refractivity contribution is 6.18. The number of hydrogen-bond acceptors (Lipinski definition) is 7. The van der Waals surface area contributed by atoms with Crippen LogP contribution in [0.5, 0.6) is 17.2 Å². The zero-order valence-corrected chi connectivity index (χ0v) is 27.3. The summed E-state index contributed by atoms with van der Waals surface area (Å²) >= 11 is 6.24. The molecule has 252 valence electrons. The maximum Gasteiger partial charge on any atom is 0.255 e. The minimum Gasteiger partial charge on any atom is -0.508 e. The van der Waals surface area contributed by atoms with Gasteiger partial charge < -0.3 is 25.2 Å². The van der Waals surface area contributed by atoms with Crippen LogP contribution in [-0.2, 0) is 22.7 Å². The molecule has 4 aromatic rings. The fourth-order valence-electron chi connectivity index (χ4n) is 6.27. The first-order valence-electron chi connectivity index (χ1n) is 16.0. The van der Waals surface area contributed by atoms with E-state index in [2.05, 4.69) is 10.6 Å². The molecule has 4 N–H and O–H groups in total. The largest absolute Gasteiger partial charge is 0.508 e. The van der Waals surface area contributed by atoms with Gasteiger partial charge in [0.25, 0.3) is 5.91 Å². The van der Waals surface area contributed by atoms with Gasteiger partial charge in [-0.15, -0.1) is 11.6 Å². The Kier molecular flexibility index (Phi) is 10.3. The van der Waals surface area contributed by atoms with E-state index < -0.39 is 23.7 Å². The minimum absolute atomic E-state index is 0.153. The molecule has 1 saturated heterocycles. The smallest absolute Gasteiger partial charge is 0.255 e. The Hall–Kier alpha value is -5.19. The van der Waals surface area contributed by atoms with Crippen LogP contribution in [0.4, 0.5) is 4.39 Å². The quantitative estimate of drug-likeness (QED) is 0.0648. The predicted molar refractivity (Wildman–Crippen MR) is 184 cm³/mol. The van der Waals surface area contributed by atoms with Crippen LogP contribution in [0.2, 0.25) is 0 Å². The lowest BCUT2D eigenvalue weighted by Gasteiger charge is -2.29. The number of rotatable bonds is 12. The number of carbonyl (C=O) groups excluding carboxylic acids is 3. The molecular formula is C38H35ClFN3O6. The molecule has 0 aliphatic carbocycles. The van der Waals surface area contributed by atoms with Crippen molar-refractivity contribution in [2.45, 2.75) is 38.4 Å². The van der Waals surface area contributed by atoms with Gasteiger partial charge in [0.05, 0.1) is 0 Å². The summed E-state index contributed by atoms with van der Waals surface area (Å²) in [5, 5.41) is 25.2. The Bertz CT molecular complexity index is 1890. The van der Waals surface area contributed by atoms with Gasteiger partial charge in [0.2, 0.25) is 11.8 Å². The Labute approximate surface area is 288 Å². The second kappa shape index (κ2) is 14.9. The Morgan fingerprint density at radius 2 is 1.55 bits per heavy atom. The molecule has 11 heteroatoms. The van der Waals surface area contributed by atoms with Crippen LogP contribution in [0.25, 0.3) is 11.1 Å². The molecule has 1 atom stereocenters. The molecule has 9 nitrogen and oxygen atoms in total. The number of aromatic hydroxyl groups is 2. The van der Waals surface area contributed by atoms with E-state index in [1.54, 1.807) is 30.3 Å². The summed E-state index contributed by atoms with van der Waals surface area (Å²) in [6.07, 6.45) is 0.974. The highest BCUT2D eigenvalue weighted by Crippen LogP contribution is 2.36. The number of alkyl halides is 1. The summed E-state index contributed by atoms with van der Waals surface area (Å²) < 4.78 is 20.9. The van der Waals surface area contributed by atoms with E-state index in [4.69, 9.17) is 16.3 Å². The first kappa shape index (κ1) is 33.7. The van der Waals surface area contributed by atoms with E-state index in [0.717, 1.165) is 27.8 Å². The minimum atomic E-state index is -0.754. The number of fused-ring (bicyclic) bond motifs is 1. The first-order chi connectivity index (χ1) is 23.7.